The van der Waals surface area contributed by atoms with Crippen molar-refractivity contribution >= 4 is 21.6 Å². The van der Waals surface area contributed by atoms with E-state index in [1.165, 1.54) is 0 Å². The van der Waals surface area contributed by atoms with Gasteiger partial charge in [-0.15, -0.1) is 0 Å². The molecular formula is C18H16BrN3O3. The van der Waals surface area contributed by atoms with Crippen LogP contribution in [-0.4, -0.2) is 14.2 Å². The number of fused-ring (bicyclic) bond motifs is 1. The molecule has 0 unspecified atom stereocenters. The van der Waals surface area contributed by atoms with E-state index in [0.717, 1.165) is 15.6 Å². The minimum Gasteiger partial charge on any atom is -0.496 e. The third-order valence-electron chi connectivity index (χ3n) is 4.06. The molecule has 128 valence electrons. The molecule has 0 radical (unpaired) electrons. The Morgan fingerprint density at radius 3 is 2.44 bits per heavy atom. The zero-order valence-corrected chi connectivity index (χ0v) is 15.3. The van der Waals surface area contributed by atoms with Crippen molar-refractivity contribution in [3.8, 4) is 23.3 Å². The summed E-state index contributed by atoms with van der Waals surface area (Å²) in [6.07, 6.45) is 0. The maximum absolute atomic E-state index is 9.64. The number of anilines is 1. The summed E-state index contributed by atoms with van der Waals surface area (Å²) in [6.45, 7) is 0. The smallest absolute Gasteiger partial charge is 0.205 e. The summed E-state index contributed by atoms with van der Waals surface area (Å²) in [6, 6.07) is 11.1. The second-order valence-electron chi connectivity index (χ2n) is 5.45. The quantitative estimate of drug-likeness (QED) is 0.764. The first-order chi connectivity index (χ1) is 12.0. The molecule has 0 spiro atoms. The fourth-order valence-corrected chi connectivity index (χ4v) is 3.42. The molecule has 0 fully saturated rings. The van der Waals surface area contributed by atoms with Gasteiger partial charge in [-0.25, -0.2) is 0 Å². The van der Waals surface area contributed by atoms with Crippen molar-refractivity contribution < 1.29 is 14.2 Å². The lowest BCUT2D eigenvalue weighted by atomic mass is 9.83. The van der Waals surface area contributed by atoms with Crippen molar-refractivity contribution in [1.82, 2.24) is 0 Å². The second kappa shape index (κ2) is 6.57. The summed E-state index contributed by atoms with van der Waals surface area (Å²) in [4.78, 5) is 0. The molecule has 2 aromatic carbocycles. The van der Waals surface area contributed by atoms with Crippen LogP contribution in [0, 0.1) is 11.3 Å². The average Bonchev–Trinajstić information content (AvgIpc) is 2.60. The molecular weight excluding hydrogens is 386 g/mol. The van der Waals surface area contributed by atoms with Crippen LogP contribution in [0.3, 0.4) is 0 Å². The van der Waals surface area contributed by atoms with Gasteiger partial charge >= 0.3 is 0 Å². The lowest BCUT2D eigenvalue weighted by Gasteiger charge is -2.28. The Bertz CT molecular complexity index is 919. The molecule has 1 aliphatic rings. The average molecular weight is 402 g/mol. The number of halogens is 1. The largest absolute Gasteiger partial charge is 0.496 e. The minimum absolute atomic E-state index is 0.0552. The molecule has 3 rings (SSSR count). The number of hydrogen-bond donors (Lipinski definition) is 2. The second-order valence-corrected chi connectivity index (χ2v) is 6.31. The highest BCUT2D eigenvalue weighted by Crippen LogP contribution is 2.47. The molecule has 25 heavy (non-hydrogen) atoms. The summed E-state index contributed by atoms with van der Waals surface area (Å²) in [5.74, 6) is 1.34. The van der Waals surface area contributed by atoms with Gasteiger partial charge in [-0.1, -0.05) is 6.07 Å². The highest BCUT2D eigenvalue weighted by molar-refractivity contribution is 9.10. The van der Waals surface area contributed by atoms with Gasteiger partial charge in [-0.05, 0) is 28.1 Å². The predicted molar refractivity (Wildman–Crippen MR) is 97.4 cm³/mol. The minimum atomic E-state index is -0.438. The Morgan fingerprint density at radius 1 is 1.08 bits per heavy atom. The number of allylic oxidation sites excluding steroid dienone is 1. The Labute approximate surface area is 153 Å². The molecule has 7 heteroatoms. The van der Waals surface area contributed by atoms with E-state index in [1.807, 2.05) is 12.1 Å². The third kappa shape index (κ3) is 2.85. The Morgan fingerprint density at radius 2 is 1.80 bits per heavy atom. The molecule has 0 aromatic heterocycles. The maximum Gasteiger partial charge on any atom is 0.205 e. The Hall–Kier alpha value is -2.85. The molecule has 0 saturated heterocycles. The first kappa shape index (κ1) is 17.0. The van der Waals surface area contributed by atoms with E-state index in [2.05, 4.69) is 22.0 Å². The van der Waals surface area contributed by atoms with Crippen molar-refractivity contribution in [2.45, 2.75) is 5.92 Å². The molecule has 6 nitrogen and oxygen atoms in total. The molecule has 0 aliphatic carbocycles. The SMILES string of the molecule is COc1cc(OC)c([C@@H]2C(C#N)=C(N)Oc3cc(N)ccc32)cc1Br. The van der Waals surface area contributed by atoms with Crippen LogP contribution in [0.5, 0.6) is 17.2 Å². The Kier molecular flexibility index (Phi) is 4.47. The molecule has 1 heterocycles. The van der Waals surface area contributed by atoms with Crippen LogP contribution < -0.4 is 25.7 Å². The highest BCUT2D eigenvalue weighted by Gasteiger charge is 2.33. The number of rotatable bonds is 3. The molecule has 2 aromatic rings. The molecule has 1 atom stereocenters. The van der Waals surface area contributed by atoms with Crippen molar-refractivity contribution in [3.05, 3.63) is 57.4 Å². The number of nitriles is 1. The summed E-state index contributed by atoms with van der Waals surface area (Å²) in [7, 11) is 3.14. The number of hydrogen-bond acceptors (Lipinski definition) is 6. The van der Waals surface area contributed by atoms with Crippen LogP contribution in [0.1, 0.15) is 17.0 Å². The van der Waals surface area contributed by atoms with Gasteiger partial charge in [-0.3, -0.25) is 0 Å². The number of ether oxygens (including phenoxy) is 3. The van der Waals surface area contributed by atoms with E-state index < -0.39 is 5.92 Å². The van der Waals surface area contributed by atoms with E-state index in [-0.39, 0.29) is 5.88 Å². The normalized spacial score (nSPS) is 15.8. The number of benzene rings is 2. The van der Waals surface area contributed by atoms with Gasteiger partial charge in [0.05, 0.1) is 24.6 Å². The van der Waals surface area contributed by atoms with E-state index in [9.17, 15) is 5.26 Å². The number of nitrogens with two attached hydrogens (primary N) is 2. The Balaban J connectivity index is 2.28. The highest BCUT2D eigenvalue weighted by atomic mass is 79.9. The first-order valence-corrected chi connectivity index (χ1v) is 8.17. The number of nitrogen functional groups attached to an aromatic ring is 1. The lowest BCUT2D eigenvalue weighted by Crippen LogP contribution is -2.21. The van der Waals surface area contributed by atoms with Crippen LogP contribution in [0.2, 0.25) is 0 Å². The van der Waals surface area contributed by atoms with Crippen molar-refractivity contribution in [2.24, 2.45) is 5.73 Å². The lowest BCUT2D eigenvalue weighted by molar-refractivity contribution is 0.381. The van der Waals surface area contributed by atoms with Crippen LogP contribution >= 0.6 is 15.9 Å². The topological polar surface area (TPSA) is 104 Å². The first-order valence-electron chi connectivity index (χ1n) is 7.38. The van der Waals surface area contributed by atoms with Gasteiger partial charge in [0.1, 0.15) is 28.9 Å². The summed E-state index contributed by atoms with van der Waals surface area (Å²) in [5.41, 5.74) is 14.2. The maximum atomic E-state index is 9.64. The van der Waals surface area contributed by atoms with Gasteiger partial charge in [0.15, 0.2) is 0 Å². The fourth-order valence-electron chi connectivity index (χ4n) is 2.90. The molecule has 0 bridgehead atoms. The van der Waals surface area contributed by atoms with E-state index in [1.54, 1.807) is 32.4 Å². The van der Waals surface area contributed by atoms with Gasteiger partial charge in [0, 0.05) is 28.9 Å². The third-order valence-corrected chi connectivity index (χ3v) is 4.68. The molecule has 4 N–H and O–H groups in total. The van der Waals surface area contributed by atoms with Crippen molar-refractivity contribution in [3.63, 3.8) is 0 Å². The zero-order valence-electron chi connectivity index (χ0n) is 13.7. The van der Waals surface area contributed by atoms with E-state index in [0.29, 0.717) is 28.5 Å². The van der Waals surface area contributed by atoms with Gasteiger partial charge in [0.25, 0.3) is 0 Å². The molecule has 0 saturated carbocycles. The number of nitrogens with zero attached hydrogens (tertiary/aromatic N) is 1. The predicted octanol–water partition coefficient (Wildman–Crippen LogP) is 3.27. The summed E-state index contributed by atoms with van der Waals surface area (Å²) < 4.78 is 17.2. The van der Waals surface area contributed by atoms with Crippen LogP contribution in [-0.2, 0) is 0 Å². The zero-order chi connectivity index (χ0) is 18.1. The standard InChI is InChI=1S/C18H16BrN3O3/c1-23-14-7-16(24-2)13(19)6-11(14)17-10-4-3-9(21)5-15(10)25-18(22)12(17)8-20/h3-7,17H,21-22H2,1-2H3/t17-/m1/s1. The van der Waals surface area contributed by atoms with Gasteiger partial charge in [0.2, 0.25) is 5.88 Å². The summed E-state index contributed by atoms with van der Waals surface area (Å²) >= 11 is 3.48. The van der Waals surface area contributed by atoms with Crippen molar-refractivity contribution in [2.75, 3.05) is 20.0 Å². The monoisotopic (exact) mass is 401 g/mol. The van der Waals surface area contributed by atoms with Crippen molar-refractivity contribution in [1.29, 1.82) is 5.26 Å². The van der Waals surface area contributed by atoms with Gasteiger partial charge in [-0.2, -0.15) is 5.26 Å². The molecule has 1 aliphatic heterocycles. The van der Waals surface area contributed by atoms with Gasteiger partial charge < -0.3 is 25.7 Å². The summed E-state index contributed by atoms with van der Waals surface area (Å²) in [5, 5.41) is 9.64. The van der Waals surface area contributed by atoms with Crippen LogP contribution in [0.15, 0.2) is 46.3 Å². The van der Waals surface area contributed by atoms with E-state index >= 15 is 0 Å². The number of methoxy groups -OCH3 is 2. The van der Waals surface area contributed by atoms with E-state index in [4.69, 9.17) is 25.7 Å². The van der Waals surface area contributed by atoms with Crippen LogP contribution in [0.25, 0.3) is 0 Å². The fraction of sp³-hybridized carbons (Fsp3) is 0.167. The van der Waals surface area contributed by atoms with Crippen LogP contribution in [0.4, 0.5) is 5.69 Å². The molecule has 0 amide bonds.